The summed E-state index contributed by atoms with van der Waals surface area (Å²) in [4.78, 5) is 25.5. The van der Waals surface area contributed by atoms with E-state index < -0.39 is 26.2 Å². The first-order valence-corrected chi connectivity index (χ1v) is 6.97. The number of hydrogen-bond acceptors (Lipinski definition) is 6. The number of sulfonamides is 1. The van der Waals surface area contributed by atoms with E-state index in [1.165, 1.54) is 0 Å². The molecular formula is C9H16N4O5S. The smallest absolute Gasteiger partial charge is 0.325 e. The van der Waals surface area contributed by atoms with Gasteiger partial charge in [0.25, 0.3) is 5.56 Å². The summed E-state index contributed by atoms with van der Waals surface area (Å²) < 4.78 is 30.5. The van der Waals surface area contributed by atoms with E-state index >= 15 is 0 Å². The SMILES string of the molecule is COCCNCCNS(=O)(=O)c1c[nH]c(=O)[nH]c1=O. The van der Waals surface area contributed by atoms with Crippen LogP contribution in [0.2, 0.25) is 0 Å². The molecule has 0 unspecified atom stereocenters. The Morgan fingerprint density at radius 3 is 2.63 bits per heavy atom. The van der Waals surface area contributed by atoms with Crippen LogP contribution in [0.3, 0.4) is 0 Å². The molecule has 1 aromatic heterocycles. The number of hydrogen-bond donors (Lipinski definition) is 4. The third kappa shape index (κ3) is 4.95. The molecule has 0 amide bonds. The van der Waals surface area contributed by atoms with Gasteiger partial charge in [0, 0.05) is 32.9 Å². The molecule has 0 spiro atoms. The highest BCUT2D eigenvalue weighted by Crippen LogP contribution is 1.96. The van der Waals surface area contributed by atoms with Gasteiger partial charge in [-0.25, -0.2) is 17.9 Å². The highest BCUT2D eigenvalue weighted by atomic mass is 32.2. The van der Waals surface area contributed by atoms with Crippen LogP contribution < -0.4 is 21.3 Å². The van der Waals surface area contributed by atoms with Gasteiger partial charge < -0.3 is 15.0 Å². The molecular weight excluding hydrogens is 276 g/mol. The topological polar surface area (TPSA) is 133 Å². The summed E-state index contributed by atoms with van der Waals surface area (Å²) in [6, 6.07) is 0. The molecule has 0 atom stereocenters. The molecule has 0 aliphatic heterocycles. The number of ether oxygens (including phenoxy) is 1. The van der Waals surface area contributed by atoms with Crippen molar-refractivity contribution in [2.24, 2.45) is 0 Å². The average Bonchev–Trinajstić information content (AvgIpc) is 2.33. The monoisotopic (exact) mass is 292 g/mol. The number of aromatic amines is 2. The molecule has 0 aliphatic carbocycles. The van der Waals surface area contributed by atoms with Gasteiger partial charge in [0.1, 0.15) is 0 Å². The van der Waals surface area contributed by atoms with Crippen LogP contribution in [0.4, 0.5) is 0 Å². The zero-order chi connectivity index (χ0) is 14.3. The lowest BCUT2D eigenvalue weighted by Crippen LogP contribution is -2.36. The number of rotatable bonds is 8. The summed E-state index contributed by atoms with van der Waals surface area (Å²) in [6.07, 6.45) is 0.863. The summed E-state index contributed by atoms with van der Waals surface area (Å²) >= 11 is 0. The fourth-order valence-corrected chi connectivity index (χ4v) is 2.28. The maximum atomic E-state index is 11.7. The lowest BCUT2D eigenvalue weighted by Gasteiger charge is -2.06. The first-order chi connectivity index (χ1) is 8.97. The fourth-order valence-electron chi connectivity index (χ4n) is 1.25. The second-order valence-electron chi connectivity index (χ2n) is 3.58. The number of H-pyrrole nitrogens is 2. The predicted octanol–water partition coefficient (Wildman–Crippen LogP) is -2.42. The van der Waals surface area contributed by atoms with Crippen LogP contribution >= 0.6 is 0 Å². The Bertz CT molecular complexity index is 606. The van der Waals surface area contributed by atoms with E-state index in [9.17, 15) is 18.0 Å². The van der Waals surface area contributed by atoms with Crippen molar-refractivity contribution in [2.75, 3.05) is 33.4 Å². The van der Waals surface area contributed by atoms with Crippen LogP contribution in [-0.2, 0) is 14.8 Å². The quantitative estimate of drug-likeness (QED) is 0.394. The molecule has 108 valence electrons. The summed E-state index contributed by atoms with van der Waals surface area (Å²) in [6.45, 7) is 1.62. The molecule has 9 nitrogen and oxygen atoms in total. The Morgan fingerprint density at radius 2 is 2.00 bits per heavy atom. The molecule has 0 bridgehead atoms. The van der Waals surface area contributed by atoms with Crippen molar-refractivity contribution in [3.8, 4) is 0 Å². The molecule has 0 saturated carbocycles. The van der Waals surface area contributed by atoms with Crippen molar-refractivity contribution < 1.29 is 13.2 Å². The first kappa shape index (κ1) is 15.6. The highest BCUT2D eigenvalue weighted by molar-refractivity contribution is 7.89. The molecule has 4 N–H and O–H groups in total. The standard InChI is InChI=1S/C9H16N4O5S/c1-18-5-4-10-2-3-12-19(16,17)7-6-11-9(15)13-8(7)14/h6,10,12H,2-5H2,1H3,(H2,11,13,14,15). The van der Waals surface area contributed by atoms with Crippen molar-refractivity contribution in [1.29, 1.82) is 0 Å². The van der Waals surface area contributed by atoms with Crippen LogP contribution in [0, 0.1) is 0 Å². The minimum absolute atomic E-state index is 0.116. The number of nitrogens with one attached hydrogen (secondary N) is 4. The molecule has 0 saturated heterocycles. The van der Waals surface area contributed by atoms with Gasteiger partial charge >= 0.3 is 5.69 Å². The molecule has 10 heteroatoms. The zero-order valence-corrected chi connectivity index (χ0v) is 11.2. The molecule has 1 heterocycles. The normalized spacial score (nSPS) is 11.6. The van der Waals surface area contributed by atoms with E-state index in [-0.39, 0.29) is 6.54 Å². The summed E-state index contributed by atoms with van der Waals surface area (Å²) in [5, 5.41) is 2.94. The molecule has 1 aromatic rings. The van der Waals surface area contributed by atoms with Crippen LogP contribution in [0.1, 0.15) is 0 Å². The van der Waals surface area contributed by atoms with E-state index in [0.717, 1.165) is 6.20 Å². The van der Waals surface area contributed by atoms with Crippen molar-refractivity contribution >= 4 is 10.0 Å². The van der Waals surface area contributed by atoms with Gasteiger partial charge in [-0.3, -0.25) is 9.78 Å². The Morgan fingerprint density at radius 1 is 1.26 bits per heavy atom. The Labute approximate surface area is 109 Å². The van der Waals surface area contributed by atoms with Crippen LogP contribution in [-0.4, -0.2) is 51.7 Å². The summed E-state index contributed by atoms with van der Waals surface area (Å²) in [7, 11) is -2.37. The molecule has 0 radical (unpaired) electrons. The zero-order valence-electron chi connectivity index (χ0n) is 10.4. The van der Waals surface area contributed by atoms with Gasteiger partial charge in [0.2, 0.25) is 10.0 Å². The first-order valence-electron chi connectivity index (χ1n) is 5.48. The molecule has 0 aromatic carbocycles. The lowest BCUT2D eigenvalue weighted by molar-refractivity contribution is 0.199. The minimum Gasteiger partial charge on any atom is -0.383 e. The minimum atomic E-state index is -3.94. The third-order valence-electron chi connectivity index (χ3n) is 2.15. The van der Waals surface area contributed by atoms with Crippen LogP contribution in [0.5, 0.6) is 0 Å². The fraction of sp³-hybridized carbons (Fsp3) is 0.556. The maximum Gasteiger partial charge on any atom is 0.325 e. The van der Waals surface area contributed by atoms with E-state index in [4.69, 9.17) is 4.74 Å². The van der Waals surface area contributed by atoms with E-state index in [1.807, 2.05) is 4.98 Å². The Hall–Kier alpha value is -1.49. The van der Waals surface area contributed by atoms with Crippen LogP contribution in [0.25, 0.3) is 0 Å². The van der Waals surface area contributed by atoms with Crippen molar-refractivity contribution in [2.45, 2.75) is 4.90 Å². The summed E-state index contributed by atoms with van der Waals surface area (Å²) in [5.41, 5.74) is -1.71. The summed E-state index contributed by atoms with van der Waals surface area (Å²) in [5.74, 6) is 0. The van der Waals surface area contributed by atoms with Crippen molar-refractivity contribution in [3.63, 3.8) is 0 Å². The van der Waals surface area contributed by atoms with E-state index in [1.54, 1.807) is 7.11 Å². The van der Waals surface area contributed by atoms with Gasteiger partial charge in [0.15, 0.2) is 4.90 Å². The average molecular weight is 292 g/mol. The van der Waals surface area contributed by atoms with Gasteiger partial charge in [-0.15, -0.1) is 0 Å². The number of methoxy groups -OCH3 is 1. The highest BCUT2D eigenvalue weighted by Gasteiger charge is 2.17. The second-order valence-corrected chi connectivity index (χ2v) is 5.31. The number of aromatic nitrogens is 2. The van der Waals surface area contributed by atoms with Crippen molar-refractivity contribution in [1.82, 2.24) is 20.0 Å². The van der Waals surface area contributed by atoms with E-state index in [2.05, 4.69) is 15.0 Å². The van der Waals surface area contributed by atoms with Gasteiger partial charge in [0.05, 0.1) is 6.61 Å². The third-order valence-corrected chi connectivity index (χ3v) is 3.62. The second kappa shape index (κ2) is 7.19. The Kier molecular flexibility index (Phi) is 5.89. The molecule has 0 fully saturated rings. The molecule has 1 rings (SSSR count). The predicted molar refractivity (Wildman–Crippen MR) is 67.6 cm³/mol. The maximum absolute atomic E-state index is 11.7. The van der Waals surface area contributed by atoms with Crippen LogP contribution in [0.15, 0.2) is 20.7 Å². The van der Waals surface area contributed by atoms with Gasteiger partial charge in [-0.2, -0.15) is 0 Å². The van der Waals surface area contributed by atoms with E-state index in [0.29, 0.717) is 19.7 Å². The molecule has 0 aliphatic rings. The van der Waals surface area contributed by atoms with Crippen molar-refractivity contribution in [3.05, 3.63) is 27.0 Å². The van der Waals surface area contributed by atoms with Gasteiger partial charge in [-0.05, 0) is 0 Å². The Balaban J connectivity index is 2.57. The lowest BCUT2D eigenvalue weighted by atomic mass is 10.6. The largest absolute Gasteiger partial charge is 0.383 e. The van der Waals surface area contributed by atoms with Gasteiger partial charge in [-0.1, -0.05) is 0 Å². The molecule has 19 heavy (non-hydrogen) atoms.